The number of amides is 2. The van der Waals surface area contributed by atoms with Gasteiger partial charge in [-0.25, -0.2) is 0 Å². The lowest BCUT2D eigenvalue weighted by molar-refractivity contribution is -0.118. The number of benzene rings is 2. The summed E-state index contributed by atoms with van der Waals surface area (Å²) in [7, 11) is 1.61. The fraction of sp³-hybridized carbons (Fsp3) is 0.364. The molecule has 0 aliphatic carbocycles. The van der Waals surface area contributed by atoms with Gasteiger partial charge in [0.05, 0.1) is 13.5 Å². The molecule has 0 saturated heterocycles. The van der Waals surface area contributed by atoms with Crippen LogP contribution in [-0.2, 0) is 22.4 Å². The van der Waals surface area contributed by atoms with Crippen LogP contribution in [0.25, 0.3) is 0 Å². The SMILES string of the molecule is COc1cccc(CC(=O)N2CCc3ccc(NC(=O)CCC(C)N)cc32)c1.Cl. The molecule has 29 heavy (non-hydrogen) atoms. The smallest absolute Gasteiger partial charge is 0.231 e. The molecule has 3 N–H and O–H groups in total. The molecular weight excluding hydrogens is 390 g/mol. The standard InChI is InChI=1S/C22H27N3O3.ClH/c1-15(23)6-9-21(26)24-18-8-7-17-10-11-25(20(17)14-18)22(27)13-16-4-3-5-19(12-16)28-2;/h3-5,7-8,12,14-15H,6,9-11,13,23H2,1-2H3,(H,24,26);1H. The van der Waals surface area contributed by atoms with Crippen molar-refractivity contribution in [1.29, 1.82) is 0 Å². The Hall–Kier alpha value is -2.57. The van der Waals surface area contributed by atoms with Crippen LogP contribution in [0.2, 0.25) is 0 Å². The third-order valence-corrected chi connectivity index (χ3v) is 4.88. The first-order chi connectivity index (χ1) is 13.5. The van der Waals surface area contributed by atoms with Crippen LogP contribution in [0.5, 0.6) is 5.75 Å². The number of nitrogens with one attached hydrogen (secondary N) is 1. The topological polar surface area (TPSA) is 84.7 Å². The van der Waals surface area contributed by atoms with Crippen molar-refractivity contribution >= 4 is 35.6 Å². The van der Waals surface area contributed by atoms with E-state index in [0.29, 0.717) is 31.5 Å². The molecule has 1 atom stereocenters. The summed E-state index contributed by atoms with van der Waals surface area (Å²) < 4.78 is 5.23. The predicted octanol–water partition coefficient (Wildman–Crippen LogP) is 3.31. The van der Waals surface area contributed by atoms with Crippen molar-refractivity contribution in [2.45, 2.75) is 38.6 Å². The largest absolute Gasteiger partial charge is 0.497 e. The van der Waals surface area contributed by atoms with E-state index in [-0.39, 0.29) is 30.3 Å². The van der Waals surface area contributed by atoms with Crippen molar-refractivity contribution < 1.29 is 14.3 Å². The Kier molecular flexibility index (Phi) is 8.05. The molecule has 2 amide bonds. The molecule has 0 aromatic heterocycles. The number of fused-ring (bicyclic) bond motifs is 1. The Labute approximate surface area is 177 Å². The van der Waals surface area contributed by atoms with Gasteiger partial charge in [-0.3, -0.25) is 9.59 Å². The fourth-order valence-electron chi connectivity index (χ4n) is 3.35. The molecule has 0 fully saturated rings. The van der Waals surface area contributed by atoms with E-state index in [9.17, 15) is 9.59 Å². The zero-order chi connectivity index (χ0) is 20.1. The minimum Gasteiger partial charge on any atom is -0.497 e. The summed E-state index contributed by atoms with van der Waals surface area (Å²) in [6.07, 6.45) is 2.15. The van der Waals surface area contributed by atoms with Crippen LogP contribution in [-0.4, -0.2) is 31.5 Å². The number of nitrogens with zero attached hydrogens (tertiary/aromatic N) is 1. The van der Waals surface area contributed by atoms with Gasteiger partial charge in [0, 0.05) is 30.4 Å². The van der Waals surface area contributed by atoms with Crippen molar-refractivity contribution in [2.24, 2.45) is 5.73 Å². The van der Waals surface area contributed by atoms with Gasteiger partial charge in [0.25, 0.3) is 0 Å². The van der Waals surface area contributed by atoms with Crippen molar-refractivity contribution in [3.05, 3.63) is 53.6 Å². The predicted molar refractivity (Wildman–Crippen MR) is 118 cm³/mol. The monoisotopic (exact) mass is 417 g/mol. The number of ether oxygens (including phenoxy) is 1. The minimum atomic E-state index is -0.0653. The molecule has 0 saturated carbocycles. The highest BCUT2D eigenvalue weighted by Crippen LogP contribution is 2.31. The van der Waals surface area contributed by atoms with Crippen LogP contribution in [0.4, 0.5) is 11.4 Å². The first kappa shape index (κ1) is 22.7. The average molecular weight is 418 g/mol. The molecule has 0 spiro atoms. The molecule has 3 rings (SSSR count). The van der Waals surface area contributed by atoms with Gasteiger partial charge in [0.2, 0.25) is 11.8 Å². The van der Waals surface area contributed by atoms with Crippen molar-refractivity contribution in [1.82, 2.24) is 0 Å². The normalized spacial score (nSPS) is 13.3. The van der Waals surface area contributed by atoms with Crippen LogP contribution in [0.15, 0.2) is 42.5 Å². The molecule has 2 aromatic carbocycles. The number of anilines is 2. The molecule has 1 aliphatic heterocycles. The van der Waals surface area contributed by atoms with E-state index >= 15 is 0 Å². The zero-order valence-electron chi connectivity index (χ0n) is 16.8. The lowest BCUT2D eigenvalue weighted by Crippen LogP contribution is -2.30. The lowest BCUT2D eigenvalue weighted by atomic mass is 10.1. The van der Waals surface area contributed by atoms with E-state index in [1.807, 2.05) is 49.4 Å². The van der Waals surface area contributed by atoms with E-state index in [2.05, 4.69) is 5.32 Å². The van der Waals surface area contributed by atoms with Gasteiger partial charge in [0.15, 0.2) is 0 Å². The van der Waals surface area contributed by atoms with Crippen LogP contribution in [0, 0.1) is 0 Å². The first-order valence-corrected chi connectivity index (χ1v) is 9.58. The number of halogens is 1. The second kappa shape index (κ2) is 10.3. The molecule has 156 valence electrons. The second-order valence-electron chi connectivity index (χ2n) is 7.23. The summed E-state index contributed by atoms with van der Waals surface area (Å²) in [5, 5.41) is 2.90. The second-order valence-corrected chi connectivity index (χ2v) is 7.23. The summed E-state index contributed by atoms with van der Waals surface area (Å²) in [4.78, 5) is 26.7. The Morgan fingerprint density at radius 3 is 2.76 bits per heavy atom. The van der Waals surface area contributed by atoms with E-state index < -0.39 is 0 Å². The molecule has 2 aromatic rings. The first-order valence-electron chi connectivity index (χ1n) is 9.58. The third kappa shape index (κ3) is 5.95. The van der Waals surface area contributed by atoms with Crippen LogP contribution < -0.4 is 20.7 Å². The van der Waals surface area contributed by atoms with Gasteiger partial charge >= 0.3 is 0 Å². The summed E-state index contributed by atoms with van der Waals surface area (Å²) in [6, 6.07) is 13.3. The van der Waals surface area contributed by atoms with Gasteiger partial charge in [0.1, 0.15) is 5.75 Å². The minimum absolute atomic E-state index is 0. The summed E-state index contributed by atoms with van der Waals surface area (Å²) in [6.45, 7) is 2.54. The number of carbonyl (C=O) groups excluding carboxylic acids is 2. The van der Waals surface area contributed by atoms with Crippen LogP contribution in [0.3, 0.4) is 0 Å². The Morgan fingerprint density at radius 2 is 2.03 bits per heavy atom. The number of carbonyl (C=O) groups is 2. The number of hydrogen-bond donors (Lipinski definition) is 2. The fourth-order valence-corrected chi connectivity index (χ4v) is 3.35. The van der Waals surface area contributed by atoms with Gasteiger partial charge in [-0.1, -0.05) is 18.2 Å². The van der Waals surface area contributed by atoms with Crippen LogP contribution in [0.1, 0.15) is 30.9 Å². The van der Waals surface area contributed by atoms with Gasteiger partial charge in [-0.15, -0.1) is 12.4 Å². The highest BCUT2D eigenvalue weighted by molar-refractivity contribution is 5.98. The Balaban J connectivity index is 0.00000300. The quantitative estimate of drug-likeness (QED) is 0.723. The molecule has 7 heteroatoms. The van der Waals surface area contributed by atoms with E-state index in [1.54, 1.807) is 12.0 Å². The third-order valence-electron chi connectivity index (χ3n) is 4.88. The van der Waals surface area contributed by atoms with Crippen molar-refractivity contribution in [2.75, 3.05) is 23.9 Å². The molecule has 0 bridgehead atoms. The number of methoxy groups -OCH3 is 1. The summed E-state index contributed by atoms with van der Waals surface area (Å²) in [5.74, 6) is 0.709. The maximum absolute atomic E-state index is 12.9. The van der Waals surface area contributed by atoms with Gasteiger partial charge in [-0.05, 0) is 55.2 Å². The van der Waals surface area contributed by atoms with E-state index in [0.717, 1.165) is 29.0 Å². The number of nitrogens with two attached hydrogens (primary N) is 1. The number of hydrogen-bond acceptors (Lipinski definition) is 4. The van der Waals surface area contributed by atoms with Gasteiger partial charge < -0.3 is 20.7 Å². The summed E-state index contributed by atoms with van der Waals surface area (Å²) >= 11 is 0. The highest BCUT2D eigenvalue weighted by Gasteiger charge is 2.25. The lowest BCUT2D eigenvalue weighted by Gasteiger charge is -2.18. The number of rotatable bonds is 7. The molecular formula is C22H28ClN3O3. The van der Waals surface area contributed by atoms with Crippen molar-refractivity contribution in [3.63, 3.8) is 0 Å². The molecule has 6 nitrogen and oxygen atoms in total. The maximum atomic E-state index is 12.9. The van der Waals surface area contributed by atoms with E-state index in [1.165, 1.54) is 0 Å². The summed E-state index contributed by atoms with van der Waals surface area (Å²) in [5.41, 5.74) is 9.32. The Morgan fingerprint density at radius 1 is 1.24 bits per heavy atom. The van der Waals surface area contributed by atoms with Gasteiger partial charge in [-0.2, -0.15) is 0 Å². The molecule has 1 unspecified atom stereocenters. The zero-order valence-corrected chi connectivity index (χ0v) is 17.6. The maximum Gasteiger partial charge on any atom is 0.231 e. The average Bonchev–Trinajstić information content (AvgIpc) is 3.10. The molecule has 0 radical (unpaired) electrons. The Bertz CT molecular complexity index is 870. The van der Waals surface area contributed by atoms with E-state index in [4.69, 9.17) is 10.5 Å². The molecule has 1 heterocycles. The molecule has 1 aliphatic rings. The van der Waals surface area contributed by atoms with Crippen LogP contribution >= 0.6 is 12.4 Å². The van der Waals surface area contributed by atoms with Crippen molar-refractivity contribution in [3.8, 4) is 5.75 Å². The highest BCUT2D eigenvalue weighted by atomic mass is 35.5.